The first-order valence-electron chi connectivity index (χ1n) is 11.2. The summed E-state index contributed by atoms with van der Waals surface area (Å²) in [5, 5.41) is 11.3. The highest BCUT2D eigenvalue weighted by Gasteiger charge is 1.98. The van der Waals surface area contributed by atoms with Crippen molar-refractivity contribution in [1.82, 2.24) is 5.32 Å². The van der Waals surface area contributed by atoms with Gasteiger partial charge in [0.2, 0.25) is 5.91 Å². The zero-order chi connectivity index (χ0) is 20.7. The number of allylic oxidation sites excluding steroid dienone is 8. The van der Waals surface area contributed by atoms with Crippen LogP contribution in [0.2, 0.25) is 0 Å². The molecule has 1 unspecified atom stereocenters. The highest BCUT2D eigenvalue weighted by Crippen LogP contribution is 2.13. The second-order valence-electron chi connectivity index (χ2n) is 7.40. The third-order valence-corrected chi connectivity index (χ3v) is 4.53. The molecule has 0 aromatic rings. The zero-order valence-corrected chi connectivity index (χ0v) is 18.2. The van der Waals surface area contributed by atoms with E-state index in [2.05, 4.69) is 67.8 Å². The lowest BCUT2D eigenvalue weighted by atomic mass is 10.00. The third kappa shape index (κ3) is 20.7. The Morgan fingerprint density at radius 2 is 1.50 bits per heavy atom. The van der Waals surface area contributed by atoms with Crippen LogP contribution in [0.3, 0.4) is 0 Å². The summed E-state index contributed by atoms with van der Waals surface area (Å²) < 4.78 is 0. The summed E-state index contributed by atoms with van der Waals surface area (Å²) in [5.74, 6) is 0.830. The van der Waals surface area contributed by atoms with Gasteiger partial charge >= 0.3 is 0 Å². The van der Waals surface area contributed by atoms with Gasteiger partial charge in [0.25, 0.3) is 0 Å². The van der Waals surface area contributed by atoms with Crippen molar-refractivity contribution in [1.29, 1.82) is 0 Å². The molecule has 28 heavy (non-hydrogen) atoms. The molecule has 0 aromatic heterocycles. The molecule has 0 aliphatic carbocycles. The first-order chi connectivity index (χ1) is 13.7. The fraction of sp³-hybridized carbons (Fsp3) is 0.640. The van der Waals surface area contributed by atoms with Crippen LogP contribution in [0.4, 0.5) is 0 Å². The van der Waals surface area contributed by atoms with Gasteiger partial charge in [-0.3, -0.25) is 4.79 Å². The molecule has 0 aliphatic heterocycles. The average Bonchev–Trinajstić information content (AvgIpc) is 2.69. The Kier molecular flexibility index (Phi) is 20.4. The fourth-order valence-corrected chi connectivity index (χ4v) is 2.78. The van der Waals surface area contributed by atoms with E-state index in [1.54, 1.807) is 0 Å². The summed E-state index contributed by atoms with van der Waals surface area (Å²) in [5.41, 5.74) is 0. The minimum absolute atomic E-state index is 0.00232. The van der Waals surface area contributed by atoms with Crippen LogP contribution in [-0.4, -0.2) is 24.2 Å². The van der Waals surface area contributed by atoms with Crippen molar-refractivity contribution in [3.05, 3.63) is 48.6 Å². The largest absolute Gasteiger partial charge is 0.395 e. The normalized spacial score (nSPS) is 13.4. The molecule has 0 saturated heterocycles. The third-order valence-electron chi connectivity index (χ3n) is 4.53. The molecule has 0 spiro atoms. The lowest BCUT2D eigenvalue weighted by Gasteiger charge is -2.06. The Morgan fingerprint density at radius 3 is 2.11 bits per heavy atom. The molecule has 0 saturated carbocycles. The van der Waals surface area contributed by atoms with Crippen LogP contribution in [0.25, 0.3) is 0 Å². The lowest BCUT2D eigenvalue weighted by molar-refractivity contribution is -0.121. The maximum Gasteiger partial charge on any atom is 0.220 e. The molecule has 0 aromatic carbocycles. The number of carbonyl (C=O) groups is 1. The van der Waals surface area contributed by atoms with Crippen molar-refractivity contribution in [3.8, 4) is 0 Å². The number of carbonyl (C=O) groups excluding carboxylic acids is 1. The second-order valence-corrected chi connectivity index (χ2v) is 7.40. The predicted molar refractivity (Wildman–Crippen MR) is 122 cm³/mol. The van der Waals surface area contributed by atoms with E-state index in [0.717, 1.165) is 38.0 Å². The Bertz CT molecular complexity index is 463. The Hall–Kier alpha value is -1.61. The number of rotatable bonds is 18. The topological polar surface area (TPSA) is 49.3 Å². The van der Waals surface area contributed by atoms with Gasteiger partial charge in [0.05, 0.1) is 6.61 Å². The van der Waals surface area contributed by atoms with E-state index in [0.29, 0.717) is 13.0 Å². The smallest absolute Gasteiger partial charge is 0.220 e. The van der Waals surface area contributed by atoms with Gasteiger partial charge < -0.3 is 10.4 Å². The molecule has 160 valence electrons. The van der Waals surface area contributed by atoms with Crippen molar-refractivity contribution < 1.29 is 9.90 Å². The number of hydrogen-bond acceptors (Lipinski definition) is 2. The molecule has 0 aliphatic rings. The summed E-state index contributed by atoms with van der Waals surface area (Å²) in [6.07, 6.45) is 29.6. The monoisotopic (exact) mass is 389 g/mol. The SMILES string of the molecule is CCCCCC(C)C/C=C\C/C=C\C/C=C\C/C=C\CCCC(=O)NCCO. The van der Waals surface area contributed by atoms with E-state index < -0.39 is 0 Å². The Balaban J connectivity index is 3.53. The zero-order valence-electron chi connectivity index (χ0n) is 18.2. The van der Waals surface area contributed by atoms with Gasteiger partial charge in [0.1, 0.15) is 0 Å². The van der Waals surface area contributed by atoms with Crippen LogP contribution in [0.5, 0.6) is 0 Å². The Morgan fingerprint density at radius 1 is 0.893 bits per heavy atom. The number of amides is 1. The van der Waals surface area contributed by atoms with E-state index in [-0.39, 0.29) is 12.5 Å². The maximum absolute atomic E-state index is 11.3. The number of aliphatic hydroxyl groups excluding tert-OH is 1. The molecule has 0 bridgehead atoms. The molecule has 0 radical (unpaired) electrons. The highest BCUT2D eigenvalue weighted by molar-refractivity contribution is 5.75. The Labute approximate surface area is 173 Å². The summed E-state index contributed by atoms with van der Waals surface area (Å²) in [7, 11) is 0. The van der Waals surface area contributed by atoms with E-state index in [9.17, 15) is 4.79 Å². The summed E-state index contributed by atoms with van der Waals surface area (Å²) in [4.78, 5) is 11.3. The number of aliphatic hydroxyl groups is 1. The molecule has 0 fully saturated rings. The molecule has 0 heterocycles. The van der Waals surface area contributed by atoms with Gasteiger partial charge in [-0.15, -0.1) is 0 Å². The van der Waals surface area contributed by atoms with Crippen molar-refractivity contribution in [2.75, 3.05) is 13.2 Å². The van der Waals surface area contributed by atoms with E-state index >= 15 is 0 Å². The van der Waals surface area contributed by atoms with E-state index in [4.69, 9.17) is 5.11 Å². The molecule has 2 N–H and O–H groups in total. The average molecular weight is 390 g/mol. The molecule has 0 rings (SSSR count). The minimum atomic E-state index is 0.00232. The van der Waals surface area contributed by atoms with Crippen molar-refractivity contribution >= 4 is 5.91 Å². The van der Waals surface area contributed by atoms with E-state index in [1.165, 1.54) is 32.1 Å². The predicted octanol–water partition coefficient (Wildman–Crippen LogP) is 6.27. The molecule has 3 nitrogen and oxygen atoms in total. The molecular weight excluding hydrogens is 346 g/mol. The van der Waals surface area contributed by atoms with Crippen LogP contribution >= 0.6 is 0 Å². The van der Waals surface area contributed by atoms with Gasteiger partial charge in [-0.1, -0.05) is 88.1 Å². The van der Waals surface area contributed by atoms with Gasteiger partial charge in [-0.25, -0.2) is 0 Å². The van der Waals surface area contributed by atoms with Gasteiger partial charge in [-0.05, 0) is 44.4 Å². The van der Waals surface area contributed by atoms with Crippen LogP contribution in [0.1, 0.15) is 84.5 Å². The number of unbranched alkanes of at least 4 members (excludes halogenated alkanes) is 3. The van der Waals surface area contributed by atoms with Crippen LogP contribution in [-0.2, 0) is 4.79 Å². The maximum atomic E-state index is 11.3. The highest BCUT2D eigenvalue weighted by atomic mass is 16.3. The van der Waals surface area contributed by atoms with Crippen molar-refractivity contribution in [2.24, 2.45) is 5.92 Å². The number of hydrogen-bond donors (Lipinski definition) is 2. The van der Waals surface area contributed by atoms with Gasteiger partial charge in [0.15, 0.2) is 0 Å². The standard InChI is InChI=1S/C25H43NO2/c1-3-4-16-19-24(2)20-17-14-12-10-8-6-5-7-9-11-13-15-18-21-25(28)26-22-23-27/h5,7-8,10-11,13-14,17,24,27H,3-4,6,9,12,15-16,18-23H2,1-2H3,(H,26,28)/b7-5-,10-8-,13-11-,17-14-. The van der Waals surface area contributed by atoms with Crippen LogP contribution < -0.4 is 5.32 Å². The summed E-state index contributed by atoms with van der Waals surface area (Å²) in [6, 6.07) is 0. The van der Waals surface area contributed by atoms with Crippen molar-refractivity contribution in [2.45, 2.75) is 84.5 Å². The van der Waals surface area contributed by atoms with Gasteiger partial charge in [0, 0.05) is 13.0 Å². The van der Waals surface area contributed by atoms with Crippen molar-refractivity contribution in [3.63, 3.8) is 0 Å². The fourth-order valence-electron chi connectivity index (χ4n) is 2.78. The molecule has 1 atom stereocenters. The minimum Gasteiger partial charge on any atom is -0.395 e. The molecule has 3 heteroatoms. The van der Waals surface area contributed by atoms with Gasteiger partial charge in [-0.2, -0.15) is 0 Å². The summed E-state index contributed by atoms with van der Waals surface area (Å²) in [6.45, 7) is 4.96. The van der Waals surface area contributed by atoms with Crippen LogP contribution in [0, 0.1) is 5.92 Å². The first kappa shape index (κ1) is 26.4. The molecule has 1 amide bonds. The molecular formula is C25H43NO2. The van der Waals surface area contributed by atoms with E-state index in [1.807, 2.05) is 0 Å². The number of nitrogens with one attached hydrogen (secondary N) is 1. The van der Waals surface area contributed by atoms with Crippen LogP contribution in [0.15, 0.2) is 48.6 Å². The summed E-state index contributed by atoms with van der Waals surface area (Å²) >= 11 is 0. The first-order valence-corrected chi connectivity index (χ1v) is 11.2. The lowest BCUT2D eigenvalue weighted by Crippen LogP contribution is -2.25. The second kappa shape index (κ2) is 21.7. The quantitative estimate of drug-likeness (QED) is 0.214.